The van der Waals surface area contributed by atoms with Gasteiger partial charge in [-0.2, -0.15) is 0 Å². The number of aryl methyl sites for hydroxylation is 2. The monoisotopic (exact) mass is 962 g/mol. The second-order valence-corrected chi connectivity index (χ2v) is 23.6. The normalized spacial score (nSPS) is 28.6. The van der Waals surface area contributed by atoms with Gasteiger partial charge in [-0.3, -0.25) is 14.4 Å². The summed E-state index contributed by atoms with van der Waals surface area (Å²) in [6.07, 6.45) is 10.8. The van der Waals surface area contributed by atoms with Gasteiger partial charge in [-0.25, -0.2) is 0 Å². The Morgan fingerprint density at radius 3 is 1.62 bits per heavy atom. The van der Waals surface area contributed by atoms with Gasteiger partial charge in [0.25, 0.3) is 0 Å². The number of benzene rings is 8. The first-order valence-electron chi connectivity index (χ1n) is 27.4. The maximum absolute atomic E-state index is 14.4. The van der Waals surface area contributed by atoms with Crippen LogP contribution >= 0.6 is 0 Å². The Kier molecular flexibility index (Phi) is 12.2. The molecule has 0 aliphatic heterocycles. The third-order valence-electron chi connectivity index (χ3n) is 19.9. The van der Waals surface area contributed by atoms with Gasteiger partial charge in [0.1, 0.15) is 12.2 Å². The second-order valence-electron chi connectivity index (χ2n) is 23.6. The highest BCUT2D eigenvalue weighted by Crippen LogP contribution is 2.69. The lowest BCUT2D eigenvalue weighted by molar-refractivity contribution is -0.222. The molecule has 0 aromatic heterocycles. The molecular formula is C65H71NO6. The van der Waals surface area contributed by atoms with E-state index in [1.165, 1.54) is 82.9 Å². The molecular weight excluding hydrogens is 891 g/mol. The minimum atomic E-state index is -0.350. The van der Waals surface area contributed by atoms with Gasteiger partial charge in [-0.05, 0) is 188 Å². The maximum atomic E-state index is 14.4. The Morgan fingerprint density at radius 1 is 0.597 bits per heavy atom. The van der Waals surface area contributed by atoms with E-state index in [1.807, 2.05) is 0 Å². The molecule has 0 spiro atoms. The van der Waals surface area contributed by atoms with Crippen LogP contribution in [0.5, 0.6) is 0 Å². The molecule has 0 unspecified atom stereocenters. The van der Waals surface area contributed by atoms with Gasteiger partial charge in [0, 0.05) is 36.6 Å². The van der Waals surface area contributed by atoms with Crippen LogP contribution in [-0.2, 0) is 41.4 Å². The summed E-state index contributed by atoms with van der Waals surface area (Å²) in [5.74, 6) is 0.922. The molecule has 372 valence electrons. The Bertz CT molecular complexity index is 3210. The summed E-state index contributed by atoms with van der Waals surface area (Å²) < 4.78 is 18.9. The van der Waals surface area contributed by atoms with Crippen molar-refractivity contribution in [1.82, 2.24) is 0 Å². The first-order chi connectivity index (χ1) is 34.9. The van der Waals surface area contributed by atoms with Gasteiger partial charge in [-0.1, -0.05) is 130 Å². The van der Waals surface area contributed by atoms with Crippen molar-refractivity contribution in [3.05, 3.63) is 120 Å². The predicted octanol–water partition coefficient (Wildman–Crippen LogP) is 14.4. The lowest BCUT2D eigenvalue weighted by Crippen LogP contribution is -2.63. The number of esters is 3. The average Bonchev–Trinajstić information content (AvgIpc) is 3.75. The minimum absolute atomic E-state index is 0.00215. The highest BCUT2D eigenvalue weighted by atomic mass is 16.6. The molecule has 4 aliphatic carbocycles. The third kappa shape index (κ3) is 8.08. The molecule has 72 heavy (non-hydrogen) atoms. The lowest BCUT2D eigenvalue weighted by atomic mass is 9.43. The number of carbonyl (C=O) groups is 3. The van der Waals surface area contributed by atoms with E-state index in [4.69, 9.17) is 19.9 Å². The van der Waals surface area contributed by atoms with Gasteiger partial charge >= 0.3 is 17.9 Å². The number of nitrogens with two attached hydrogens (primary N) is 1. The molecule has 0 amide bonds. The molecule has 2 N–H and O–H groups in total. The third-order valence-corrected chi connectivity index (χ3v) is 19.9. The molecule has 0 radical (unpaired) electrons. The molecule has 8 aromatic carbocycles. The predicted molar refractivity (Wildman–Crippen MR) is 290 cm³/mol. The van der Waals surface area contributed by atoms with Gasteiger partial charge < -0.3 is 19.9 Å². The molecule has 7 nitrogen and oxygen atoms in total. The quantitative estimate of drug-likeness (QED) is 0.0657. The van der Waals surface area contributed by atoms with Gasteiger partial charge in [-0.15, -0.1) is 0 Å². The number of methoxy groups -OCH3 is 1. The van der Waals surface area contributed by atoms with Crippen LogP contribution in [0.1, 0.15) is 115 Å². The smallest absolute Gasteiger partial charge is 0.306 e. The molecule has 0 bridgehead atoms. The summed E-state index contributed by atoms with van der Waals surface area (Å²) in [4.78, 5) is 41.2. The van der Waals surface area contributed by atoms with Crippen LogP contribution in [0, 0.1) is 46.3 Å². The number of fused-ring (bicyclic) bond motifs is 5. The van der Waals surface area contributed by atoms with Crippen molar-refractivity contribution in [2.24, 2.45) is 52.1 Å². The van der Waals surface area contributed by atoms with Crippen LogP contribution in [0.4, 0.5) is 0 Å². The van der Waals surface area contributed by atoms with E-state index >= 15 is 0 Å². The van der Waals surface area contributed by atoms with Crippen LogP contribution in [0.25, 0.3) is 64.6 Å². The fourth-order valence-electron chi connectivity index (χ4n) is 16.3. The standard InChI is InChI=1S/C65H71NO6/c1-38(17-28-56(67)70-4)51-26-27-52-63-53(37-55(65(51,52)3)72-58(69)16-6-10-40-33-47-24-20-43-13-8-14-44-21-25-48(34-40)62(47)60(43)44)64(2)30-29-50(66)35-49(64)36-54(63)71-57(68)15-5-9-39-31-45-22-18-41-11-7-12-42-19-23-46(32-39)61(45)59(41)42/h7-8,11-14,18-25,31-34,38,49-55,63H,5-6,9-10,15-17,26-30,35-37,66H2,1-4H3/t38-,49+,50-,51-,52+,53+,54-,55+,63+,64+,65-/m1/s1. The Morgan fingerprint density at radius 2 is 1.10 bits per heavy atom. The van der Waals surface area contributed by atoms with Crippen molar-refractivity contribution < 1.29 is 28.6 Å². The second kappa shape index (κ2) is 18.6. The van der Waals surface area contributed by atoms with Crippen molar-refractivity contribution in [1.29, 1.82) is 0 Å². The minimum Gasteiger partial charge on any atom is -0.469 e. The topological polar surface area (TPSA) is 105 Å². The molecule has 7 heteroatoms. The molecule has 4 fully saturated rings. The van der Waals surface area contributed by atoms with Crippen molar-refractivity contribution in [2.75, 3.05) is 7.11 Å². The van der Waals surface area contributed by atoms with Crippen LogP contribution in [-0.4, -0.2) is 43.3 Å². The van der Waals surface area contributed by atoms with Crippen LogP contribution in [0.15, 0.2) is 109 Å². The zero-order valence-electron chi connectivity index (χ0n) is 42.7. The van der Waals surface area contributed by atoms with Crippen LogP contribution < -0.4 is 5.73 Å². The van der Waals surface area contributed by atoms with Gasteiger partial charge in [0.05, 0.1) is 7.11 Å². The fourth-order valence-corrected chi connectivity index (χ4v) is 16.3. The summed E-state index contributed by atoms with van der Waals surface area (Å²) in [6.45, 7) is 7.15. The van der Waals surface area contributed by atoms with E-state index in [9.17, 15) is 14.4 Å². The maximum Gasteiger partial charge on any atom is 0.306 e. The van der Waals surface area contributed by atoms with E-state index in [1.54, 1.807) is 0 Å². The highest BCUT2D eigenvalue weighted by Gasteiger charge is 2.67. The SMILES string of the molecule is COC(=O)CC[C@@H](C)[C@H]1CC[C@H]2[C@@H]3[C@H](OC(=O)CCCc4cc5ccc6cccc7ccc(c4)c5c67)C[C@@H]4C[C@H](N)CC[C@]4(C)[C@H]3C[C@H](OC(=O)CCCc3cc4ccc5cccc6ccc(c3)c4c56)[C@]12C. The Balaban J connectivity index is 0.782. The lowest BCUT2D eigenvalue weighted by Gasteiger charge is -2.64. The number of ether oxygens (including phenoxy) is 3. The fraction of sp³-hybridized carbons (Fsp3) is 0.462. The summed E-state index contributed by atoms with van der Waals surface area (Å²) in [7, 11) is 1.46. The first-order valence-corrected chi connectivity index (χ1v) is 27.4. The highest BCUT2D eigenvalue weighted by molar-refractivity contribution is 6.24. The number of hydrogen-bond donors (Lipinski definition) is 1. The number of carbonyl (C=O) groups excluding carboxylic acids is 3. The molecule has 0 saturated heterocycles. The largest absolute Gasteiger partial charge is 0.469 e. The first kappa shape index (κ1) is 47.2. The van der Waals surface area contributed by atoms with Crippen molar-refractivity contribution in [3.8, 4) is 0 Å². The van der Waals surface area contributed by atoms with Crippen LogP contribution in [0.3, 0.4) is 0 Å². The van der Waals surface area contributed by atoms with E-state index in [0.29, 0.717) is 31.6 Å². The molecule has 4 aliphatic rings. The molecule has 8 aromatic rings. The summed E-state index contributed by atoms with van der Waals surface area (Å²) in [5.41, 5.74) is 8.90. The van der Waals surface area contributed by atoms with Crippen molar-refractivity contribution >= 4 is 82.5 Å². The van der Waals surface area contributed by atoms with Crippen molar-refractivity contribution in [2.45, 2.75) is 135 Å². The van der Waals surface area contributed by atoms with E-state index in [0.717, 1.165) is 70.6 Å². The molecule has 4 saturated carbocycles. The molecule has 11 atom stereocenters. The van der Waals surface area contributed by atoms with E-state index in [-0.39, 0.29) is 76.6 Å². The van der Waals surface area contributed by atoms with E-state index < -0.39 is 0 Å². The van der Waals surface area contributed by atoms with Crippen LogP contribution in [0.2, 0.25) is 0 Å². The molecule has 0 heterocycles. The van der Waals surface area contributed by atoms with Gasteiger partial charge in [0.15, 0.2) is 0 Å². The Hall–Kier alpha value is -5.79. The summed E-state index contributed by atoms with van der Waals surface area (Å²) in [6, 6.07) is 40.2. The van der Waals surface area contributed by atoms with Crippen molar-refractivity contribution in [3.63, 3.8) is 0 Å². The number of rotatable bonds is 14. The zero-order chi connectivity index (χ0) is 49.5. The average molecular weight is 962 g/mol. The Labute approximate surface area is 424 Å². The zero-order valence-corrected chi connectivity index (χ0v) is 42.7. The summed E-state index contributed by atoms with van der Waals surface area (Å²) >= 11 is 0. The van der Waals surface area contributed by atoms with E-state index in [2.05, 4.69) is 130 Å². The van der Waals surface area contributed by atoms with Gasteiger partial charge in [0.2, 0.25) is 0 Å². The summed E-state index contributed by atoms with van der Waals surface area (Å²) in [5, 5.41) is 15.3. The number of hydrogen-bond acceptors (Lipinski definition) is 7. The molecule has 12 rings (SSSR count).